The highest BCUT2D eigenvalue weighted by molar-refractivity contribution is 5.98. The van der Waals surface area contributed by atoms with E-state index in [1.54, 1.807) is 6.21 Å². The summed E-state index contributed by atoms with van der Waals surface area (Å²) in [5.74, 6) is 0.998. The van der Waals surface area contributed by atoms with Gasteiger partial charge < -0.3 is 15.5 Å². The lowest BCUT2D eigenvalue weighted by molar-refractivity contribution is -0.127. The number of nitrogens with zero attached hydrogens (tertiary/aromatic N) is 2. The number of nitrogens with one attached hydrogen (secondary N) is 2. The molecule has 1 aromatic carbocycles. The number of aliphatic imine (C=N–C) groups is 1. The van der Waals surface area contributed by atoms with Gasteiger partial charge in [-0.1, -0.05) is 50.1 Å². The Kier molecular flexibility index (Phi) is 4.96. The fraction of sp³-hybridized carbons (Fsp3) is 0.500. The van der Waals surface area contributed by atoms with Crippen LogP contribution >= 0.6 is 0 Å². The molecule has 0 spiro atoms. The van der Waals surface area contributed by atoms with Crippen molar-refractivity contribution in [2.24, 2.45) is 4.99 Å². The molecule has 148 valence electrons. The average Bonchev–Trinajstić information content (AvgIpc) is 3.22. The maximum atomic E-state index is 12.8. The highest BCUT2D eigenvalue weighted by Gasteiger charge is 2.42. The monoisotopic (exact) mass is 380 g/mol. The predicted octanol–water partition coefficient (Wildman–Crippen LogP) is 2.97. The van der Waals surface area contributed by atoms with Gasteiger partial charge in [-0.3, -0.25) is 14.6 Å². The number of rotatable bonds is 5. The maximum Gasteiger partial charge on any atom is 0.247 e. The number of carbonyl (C=O) groups is 2. The SMILES string of the molecule is CCC1C(=O)NC2=C(NC(C)(CC(=O)c3ccccc3)N=C2)N1C1CCCC1. The topological polar surface area (TPSA) is 73.8 Å². The molecule has 1 amide bonds. The highest BCUT2D eigenvalue weighted by Crippen LogP contribution is 2.34. The van der Waals surface area contributed by atoms with Gasteiger partial charge in [0, 0.05) is 11.6 Å². The highest BCUT2D eigenvalue weighted by atomic mass is 16.2. The van der Waals surface area contributed by atoms with Crippen LogP contribution in [0.3, 0.4) is 0 Å². The minimum Gasteiger partial charge on any atom is -0.346 e. The fourth-order valence-electron chi connectivity index (χ4n) is 4.55. The predicted molar refractivity (Wildman–Crippen MR) is 109 cm³/mol. The summed E-state index contributed by atoms with van der Waals surface area (Å²) in [7, 11) is 0. The maximum absolute atomic E-state index is 12.8. The van der Waals surface area contributed by atoms with Gasteiger partial charge >= 0.3 is 0 Å². The first kappa shape index (κ1) is 18.7. The van der Waals surface area contributed by atoms with Crippen LogP contribution in [0.5, 0.6) is 0 Å². The van der Waals surface area contributed by atoms with Crippen LogP contribution in [0.2, 0.25) is 0 Å². The van der Waals surface area contributed by atoms with Crippen molar-refractivity contribution < 1.29 is 9.59 Å². The molecule has 1 fully saturated rings. The number of ketones is 1. The van der Waals surface area contributed by atoms with Gasteiger partial charge in [0.15, 0.2) is 5.78 Å². The van der Waals surface area contributed by atoms with Crippen LogP contribution in [0.1, 0.15) is 62.7 Å². The molecule has 6 nitrogen and oxygen atoms in total. The lowest BCUT2D eigenvalue weighted by Gasteiger charge is -2.46. The van der Waals surface area contributed by atoms with E-state index < -0.39 is 5.66 Å². The molecular weight excluding hydrogens is 352 g/mol. The first-order chi connectivity index (χ1) is 13.5. The molecule has 3 aliphatic rings. The second-order valence-electron chi connectivity index (χ2n) is 8.14. The zero-order valence-electron chi connectivity index (χ0n) is 16.6. The Hall–Kier alpha value is -2.63. The van der Waals surface area contributed by atoms with Crippen molar-refractivity contribution in [2.75, 3.05) is 0 Å². The van der Waals surface area contributed by atoms with E-state index in [1.807, 2.05) is 44.2 Å². The molecule has 2 heterocycles. The summed E-state index contributed by atoms with van der Waals surface area (Å²) in [5, 5.41) is 6.51. The van der Waals surface area contributed by atoms with Gasteiger partial charge in [-0.2, -0.15) is 0 Å². The largest absolute Gasteiger partial charge is 0.346 e. The Morgan fingerprint density at radius 3 is 2.64 bits per heavy atom. The van der Waals surface area contributed by atoms with Crippen LogP contribution in [-0.2, 0) is 4.79 Å². The van der Waals surface area contributed by atoms with E-state index in [-0.39, 0.29) is 24.2 Å². The Morgan fingerprint density at radius 2 is 1.96 bits per heavy atom. The minimum atomic E-state index is -0.733. The van der Waals surface area contributed by atoms with Crippen molar-refractivity contribution in [3.63, 3.8) is 0 Å². The lowest BCUT2D eigenvalue weighted by Crippen LogP contribution is -2.61. The van der Waals surface area contributed by atoms with E-state index in [4.69, 9.17) is 0 Å². The molecule has 28 heavy (non-hydrogen) atoms. The van der Waals surface area contributed by atoms with Crippen LogP contribution in [0.25, 0.3) is 0 Å². The van der Waals surface area contributed by atoms with E-state index in [2.05, 4.69) is 20.5 Å². The molecule has 2 atom stereocenters. The average molecular weight is 380 g/mol. The van der Waals surface area contributed by atoms with Crippen molar-refractivity contribution in [2.45, 2.75) is 70.1 Å². The second-order valence-corrected chi connectivity index (χ2v) is 8.14. The molecule has 1 aromatic rings. The Balaban J connectivity index is 1.60. The van der Waals surface area contributed by atoms with Gasteiger partial charge in [0.05, 0.1) is 18.3 Å². The number of carbonyl (C=O) groups excluding carboxylic acids is 2. The van der Waals surface area contributed by atoms with Gasteiger partial charge in [-0.05, 0) is 26.2 Å². The van der Waals surface area contributed by atoms with Crippen molar-refractivity contribution >= 4 is 17.9 Å². The van der Waals surface area contributed by atoms with Crippen molar-refractivity contribution in [3.05, 3.63) is 47.4 Å². The normalized spacial score (nSPS) is 27.4. The smallest absolute Gasteiger partial charge is 0.247 e. The Labute approximate surface area is 166 Å². The van der Waals surface area contributed by atoms with Crippen LogP contribution < -0.4 is 10.6 Å². The molecule has 2 aliphatic heterocycles. The molecule has 1 saturated carbocycles. The molecular formula is C22H28N4O2. The van der Waals surface area contributed by atoms with Crippen molar-refractivity contribution in [1.82, 2.24) is 15.5 Å². The Morgan fingerprint density at radius 1 is 1.25 bits per heavy atom. The zero-order valence-corrected chi connectivity index (χ0v) is 16.6. The molecule has 2 unspecified atom stereocenters. The number of amides is 1. The van der Waals surface area contributed by atoms with E-state index in [0.29, 0.717) is 17.3 Å². The van der Waals surface area contributed by atoms with Crippen LogP contribution in [0, 0.1) is 0 Å². The third-order valence-corrected chi connectivity index (χ3v) is 5.98. The summed E-state index contributed by atoms with van der Waals surface area (Å²) in [6.45, 7) is 3.99. The standard InChI is InChI=1S/C22H28N4O2/c1-3-18-21(28)24-17-14-23-22(2,13-19(27)15-9-5-4-6-10-15)25-20(17)26(18)16-11-7-8-12-16/h4-6,9-10,14,16,18,25H,3,7-8,11-13H2,1-2H3,(H,24,28). The van der Waals surface area contributed by atoms with Gasteiger partial charge in [-0.25, -0.2) is 0 Å². The van der Waals surface area contributed by atoms with Crippen LogP contribution in [0.15, 0.2) is 46.8 Å². The zero-order chi connectivity index (χ0) is 19.7. The molecule has 6 heteroatoms. The number of hydrogen-bond donors (Lipinski definition) is 2. The van der Waals surface area contributed by atoms with Crippen LogP contribution in [0.4, 0.5) is 0 Å². The molecule has 4 rings (SSSR count). The van der Waals surface area contributed by atoms with Gasteiger partial charge in [0.2, 0.25) is 5.91 Å². The summed E-state index contributed by atoms with van der Waals surface area (Å²) >= 11 is 0. The van der Waals surface area contributed by atoms with E-state index in [0.717, 1.165) is 25.1 Å². The number of Topliss-reactive ketones (excluding diaryl/α,β-unsaturated/α-hetero) is 1. The number of benzene rings is 1. The van der Waals surface area contributed by atoms with Crippen molar-refractivity contribution in [3.8, 4) is 0 Å². The molecule has 0 aromatic heterocycles. The first-order valence-electron chi connectivity index (χ1n) is 10.3. The van der Waals surface area contributed by atoms with Gasteiger partial charge in [0.25, 0.3) is 0 Å². The summed E-state index contributed by atoms with van der Waals surface area (Å²) in [6, 6.07) is 9.49. The third kappa shape index (κ3) is 3.43. The summed E-state index contributed by atoms with van der Waals surface area (Å²) in [6.07, 6.45) is 7.30. The fourth-order valence-corrected chi connectivity index (χ4v) is 4.55. The summed E-state index contributed by atoms with van der Waals surface area (Å²) < 4.78 is 0. The van der Waals surface area contributed by atoms with Gasteiger partial charge in [0.1, 0.15) is 17.5 Å². The summed E-state index contributed by atoms with van der Waals surface area (Å²) in [5.41, 5.74) is 0.672. The molecule has 1 aliphatic carbocycles. The van der Waals surface area contributed by atoms with Crippen LogP contribution in [-0.4, -0.2) is 40.6 Å². The second kappa shape index (κ2) is 7.41. The lowest BCUT2D eigenvalue weighted by atomic mass is 9.97. The third-order valence-electron chi connectivity index (χ3n) is 5.98. The van der Waals surface area contributed by atoms with E-state index in [9.17, 15) is 9.59 Å². The molecule has 0 radical (unpaired) electrons. The number of allylic oxidation sites excluding steroid dienone is 1. The Bertz CT molecular complexity index is 826. The van der Waals surface area contributed by atoms with E-state index >= 15 is 0 Å². The van der Waals surface area contributed by atoms with Gasteiger partial charge in [-0.15, -0.1) is 0 Å². The quantitative estimate of drug-likeness (QED) is 0.770. The molecule has 2 N–H and O–H groups in total. The minimum absolute atomic E-state index is 0.0327. The molecule has 0 bridgehead atoms. The van der Waals surface area contributed by atoms with Crippen molar-refractivity contribution in [1.29, 1.82) is 0 Å². The van der Waals surface area contributed by atoms with E-state index in [1.165, 1.54) is 12.8 Å². The molecule has 0 saturated heterocycles. The number of hydrogen-bond acceptors (Lipinski definition) is 5. The summed E-state index contributed by atoms with van der Waals surface area (Å²) in [4.78, 5) is 32.3. The first-order valence-corrected chi connectivity index (χ1v) is 10.3.